The molecule has 1 fully saturated rings. The fourth-order valence-corrected chi connectivity index (χ4v) is 5.87. The van der Waals surface area contributed by atoms with Gasteiger partial charge in [-0.05, 0) is 95.8 Å². The molecule has 1 N–H and O–H groups in total. The molecule has 0 saturated carbocycles. The van der Waals surface area contributed by atoms with E-state index < -0.39 is 52.7 Å². The van der Waals surface area contributed by atoms with Gasteiger partial charge in [-0.3, -0.25) is 9.69 Å². The molecule has 4 rings (SSSR count). The first-order valence-electron chi connectivity index (χ1n) is 14.4. The highest BCUT2D eigenvalue weighted by Crippen LogP contribution is 2.40. The lowest BCUT2D eigenvalue weighted by Gasteiger charge is -2.34. The minimum Gasteiger partial charge on any atom is -0.481 e. The molecular formula is C33H32F9NO2. The number of carboxylic acids is 1. The number of nitrogens with zero attached hydrogens (tertiary/aromatic N) is 1. The van der Waals surface area contributed by atoms with E-state index in [2.05, 4.69) is 0 Å². The van der Waals surface area contributed by atoms with Gasteiger partial charge < -0.3 is 5.11 Å². The fourth-order valence-electron chi connectivity index (χ4n) is 5.87. The van der Waals surface area contributed by atoms with Crippen LogP contribution in [0.25, 0.3) is 11.1 Å². The van der Waals surface area contributed by atoms with Crippen molar-refractivity contribution in [2.75, 3.05) is 13.1 Å². The van der Waals surface area contributed by atoms with Crippen molar-refractivity contribution >= 4 is 5.97 Å². The Morgan fingerprint density at radius 1 is 0.822 bits per heavy atom. The number of hydrogen-bond acceptors (Lipinski definition) is 2. The summed E-state index contributed by atoms with van der Waals surface area (Å²) in [6.07, 6.45) is -12.9. The quantitative estimate of drug-likeness (QED) is 0.248. The predicted molar refractivity (Wildman–Crippen MR) is 150 cm³/mol. The molecule has 12 heteroatoms. The van der Waals surface area contributed by atoms with Gasteiger partial charge in [0.2, 0.25) is 0 Å². The number of likely N-dealkylation sites (tertiary alicyclic amines) is 1. The molecule has 0 amide bonds. The molecular weight excluding hydrogens is 613 g/mol. The van der Waals surface area contributed by atoms with Crippen molar-refractivity contribution in [3.8, 4) is 11.1 Å². The normalized spacial score (nSPS) is 17.5. The van der Waals surface area contributed by atoms with Crippen LogP contribution in [0, 0.1) is 5.92 Å². The van der Waals surface area contributed by atoms with Gasteiger partial charge in [-0.2, -0.15) is 39.5 Å². The SMILES string of the molecule is CC(C)CC(C(=O)O)c1cc(-c2ccc(C(F)(F)F)cc2)cc(C2CCCN(Cc3cc(C(F)(F)F)ccc3C(F)(F)F)C2)c1. The van der Waals surface area contributed by atoms with Crippen LogP contribution in [0.15, 0.2) is 60.7 Å². The third kappa shape index (κ3) is 8.59. The van der Waals surface area contributed by atoms with Gasteiger partial charge in [-0.15, -0.1) is 0 Å². The van der Waals surface area contributed by atoms with Crippen LogP contribution in [0.5, 0.6) is 0 Å². The summed E-state index contributed by atoms with van der Waals surface area (Å²) in [5.74, 6) is -2.31. The van der Waals surface area contributed by atoms with E-state index in [1.807, 2.05) is 13.8 Å². The lowest BCUT2D eigenvalue weighted by Crippen LogP contribution is -2.34. The Bertz CT molecular complexity index is 1490. The molecule has 2 atom stereocenters. The number of halogens is 9. The Hall–Kier alpha value is -3.54. The van der Waals surface area contributed by atoms with Crippen molar-refractivity contribution in [2.24, 2.45) is 5.92 Å². The minimum absolute atomic E-state index is 0.00439. The highest BCUT2D eigenvalue weighted by molar-refractivity contribution is 5.78. The number of carboxylic acid groups (broad SMARTS) is 1. The Labute approximate surface area is 254 Å². The minimum atomic E-state index is -4.86. The number of aliphatic carboxylic acids is 1. The first-order valence-corrected chi connectivity index (χ1v) is 14.4. The van der Waals surface area contributed by atoms with Crippen LogP contribution >= 0.6 is 0 Å². The predicted octanol–water partition coefficient (Wildman–Crippen LogP) is 10.0. The summed E-state index contributed by atoms with van der Waals surface area (Å²) >= 11 is 0. The molecule has 3 aromatic rings. The lowest BCUT2D eigenvalue weighted by atomic mass is 9.83. The van der Waals surface area contributed by atoms with Crippen LogP contribution in [0.1, 0.15) is 78.3 Å². The summed E-state index contributed by atoms with van der Waals surface area (Å²) in [5, 5.41) is 10.0. The largest absolute Gasteiger partial charge is 0.481 e. The van der Waals surface area contributed by atoms with Gasteiger partial charge in [0.25, 0.3) is 0 Å². The molecule has 3 nitrogen and oxygen atoms in total. The van der Waals surface area contributed by atoms with Crippen LogP contribution in [-0.4, -0.2) is 29.1 Å². The van der Waals surface area contributed by atoms with Crippen molar-refractivity contribution in [3.05, 3.63) is 94.0 Å². The number of alkyl halides is 9. The number of hydrogen-bond donors (Lipinski definition) is 1. The summed E-state index contributed by atoms with van der Waals surface area (Å²) in [6, 6.07) is 10.9. The van der Waals surface area contributed by atoms with Crippen molar-refractivity contribution in [1.29, 1.82) is 0 Å². The maximum atomic E-state index is 13.7. The third-order valence-corrected chi connectivity index (χ3v) is 8.04. The molecule has 0 aliphatic carbocycles. The molecule has 1 saturated heterocycles. The highest BCUT2D eigenvalue weighted by atomic mass is 19.4. The second-order valence-electron chi connectivity index (χ2n) is 11.9. The van der Waals surface area contributed by atoms with Crippen LogP contribution in [0.2, 0.25) is 0 Å². The molecule has 244 valence electrons. The van der Waals surface area contributed by atoms with Crippen LogP contribution in [0.3, 0.4) is 0 Å². The van der Waals surface area contributed by atoms with Gasteiger partial charge in [-0.1, -0.05) is 44.2 Å². The number of carbonyl (C=O) groups is 1. The van der Waals surface area contributed by atoms with Gasteiger partial charge in [0.15, 0.2) is 0 Å². The van der Waals surface area contributed by atoms with Crippen molar-refractivity contribution < 1.29 is 49.4 Å². The van der Waals surface area contributed by atoms with E-state index in [0.29, 0.717) is 59.8 Å². The van der Waals surface area contributed by atoms with E-state index in [0.717, 1.165) is 12.1 Å². The fraction of sp³-hybridized carbons (Fsp3) is 0.424. The standard InChI is InChI=1S/C33H32F9NO2/c1-19(2)12-28(30(44)45)24-14-22(20-5-7-26(8-6-20)31(34,35)36)13-23(15-24)21-4-3-11-43(17-21)18-25-16-27(32(37,38)39)9-10-29(25)33(40,41)42/h5-10,13-16,19,21,28H,3-4,11-12,17-18H2,1-2H3,(H,44,45). The zero-order valence-corrected chi connectivity index (χ0v) is 24.5. The first kappa shape index (κ1) is 34.3. The first-order chi connectivity index (χ1) is 20.8. The number of piperidine rings is 1. The highest BCUT2D eigenvalue weighted by Gasteiger charge is 2.38. The smallest absolute Gasteiger partial charge is 0.416 e. The average molecular weight is 646 g/mol. The summed E-state index contributed by atoms with van der Waals surface area (Å²) < 4.78 is 121. The molecule has 0 radical (unpaired) electrons. The van der Waals surface area contributed by atoms with Crippen LogP contribution in [0.4, 0.5) is 39.5 Å². The van der Waals surface area contributed by atoms with Gasteiger partial charge in [0.05, 0.1) is 22.6 Å². The monoisotopic (exact) mass is 645 g/mol. The molecule has 1 heterocycles. The second-order valence-corrected chi connectivity index (χ2v) is 11.9. The van der Waals surface area contributed by atoms with Gasteiger partial charge in [0, 0.05) is 13.1 Å². The molecule has 0 bridgehead atoms. The van der Waals surface area contributed by atoms with Gasteiger partial charge >= 0.3 is 24.5 Å². The molecule has 0 spiro atoms. The maximum absolute atomic E-state index is 13.7. The summed E-state index contributed by atoms with van der Waals surface area (Å²) in [4.78, 5) is 13.9. The van der Waals surface area contributed by atoms with Crippen molar-refractivity contribution in [3.63, 3.8) is 0 Å². The Morgan fingerprint density at radius 2 is 1.44 bits per heavy atom. The molecule has 0 aromatic heterocycles. The average Bonchev–Trinajstić information content (AvgIpc) is 2.94. The zero-order chi connectivity index (χ0) is 33.3. The Balaban J connectivity index is 1.72. The second kappa shape index (κ2) is 13.1. The summed E-state index contributed by atoms with van der Waals surface area (Å²) in [7, 11) is 0. The number of benzene rings is 3. The number of rotatable bonds is 8. The summed E-state index contributed by atoms with van der Waals surface area (Å²) in [6.45, 7) is 3.86. The van der Waals surface area contributed by atoms with E-state index >= 15 is 0 Å². The summed E-state index contributed by atoms with van der Waals surface area (Å²) in [5.41, 5.74) is -1.67. The molecule has 1 aliphatic rings. The van der Waals surface area contributed by atoms with Crippen LogP contribution in [-0.2, 0) is 29.9 Å². The maximum Gasteiger partial charge on any atom is 0.416 e. The zero-order valence-electron chi connectivity index (χ0n) is 24.5. The van der Waals surface area contributed by atoms with Crippen molar-refractivity contribution in [2.45, 2.75) is 70.0 Å². The molecule has 45 heavy (non-hydrogen) atoms. The van der Waals surface area contributed by atoms with E-state index in [9.17, 15) is 49.4 Å². The third-order valence-electron chi connectivity index (χ3n) is 8.04. The Kier molecular flexibility index (Phi) is 9.96. The van der Waals surface area contributed by atoms with Gasteiger partial charge in [0.1, 0.15) is 0 Å². The lowest BCUT2D eigenvalue weighted by molar-refractivity contribution is -0.142. The van der Waals surface area contributed by atoms with Gasteiger partial charge in [-0.25, -0.2) is 0 Å². The van der Waals surface area contributed by atoms with Crippen molar-refractivity contribution in [1.82, 2.24) is 4.90 Å². The van der Waals surface area contributed by atoms with E-state index in [-0.39, 0.29) is 31.3 Å². The molecule has 3 aromatic carbocycles. The van der Waals surface area contributed by atoms with E-state index in [1.54, 1.807) is 23.1 Å². The van der Waals surface area contributed by atoms with E-state index in [1.165, 1.54) is 12.1 Å². The topological polar surface area (TPSA) is 40.5 Å². The molecule has 1 aliphatic heterocycles. The van der Waals surface area contributed by atoms with E-state index in [4.69, 9.17) is 0 Å². The van der Waals surface area contributed by atoms with Crippen LogP contribution < -0.4 is 0 Å². The molecule has 2 unspecified atom stereocenters. The Morgan fingerprint density at radius 3 is 2.00 bits per heavy atom.